The lowest BCUT2D eigenvalue weighted by atomic mass is 10.2. The molecule has 0 saturated carbocycles. The third kappa shape index (κ3) is 2.91. The zero-order chi connectivity index (χ0) is 13.0. The highest BCUT2D eigenvalue weighted by Gasteiger charge is 2.02. The summed E-state index contributed by atoms with van der Waals surface area (Å²) in [7, 11) is 1.55. The zero-order valence-corrected chi connectivity index (χ0v) is 10.0. The van der Waals surface area contributed by atoms with Crippen molar-refractivity contribution in [3.05, 3.63) is 53.8 Å². The van der Waals surface area contributed by atoms with Gasteiger partial charge < -0.3 is 15.2 Å². The van der Waals surface area contributed by atoms with Crippen LogP contribution >= 0.6 is 0 Å². The predicted molar refractivity (Wildman–Crippen MR) is 68.1 cm³/mol. The molecule has 0 bridgehead atoms. The van der Waals surface area contributed by atoms with E-state index in [9.17, 15) is 4.39 Å². The minimum absolute atomic E-state index is 0.273. The summed E-state index contributed by atoms with van der Waals surface area (Å²) in [4.78, 5) is 0. The van der Waals surface area contributed by atoms with Gasteiger partial charge in [0, 0.05) is 6.07 Å². The molecule has 0 spiro atoms. The highest BCUT2D eigenvalue weighted by atomic mass is 19.1. The van der Waals surface area contributed by atoms with E-state index in [4.69, 9.17) is 15.2 Å². The lowest BCUT2D eigenvalue weighted by Gasteiger charge is -2.09. The molecule has 2 aromatic carbocycles. The fraction of sp³-hybridized carbons (Fsp3) is 0.143. The third-order valence-electron chi connectivity index (χ3n) is 2.50. The number of nitrogen functional groups attached to an aromatic ring is 1. The van der Waals surface area contributed by atoms with Crippen LogP contribution in [0, 0.1) is 5.82 Å². The molecule has 0 aliphatic carbocycles. The van der Waals surface area contributed by atoms with Crippen molar-refractivity contribution in [1.82, 2.24) is 0 Å². The van der Waals surface area contributed by atoms with E-state index in [0.29, 0.717) is 23.8 Å². The molecule has 2 N–H and O–H groups in total. The van der Waals surface area contributed by atoms with Crippen molar-refractivity contribution >= 4 is 5.69 Å². The molecular formula is C14H14FNO2. The summed E-state index contributed by atoms with van der Waals surface area (Å²) in [5.41, 5.74) is 7.04. The molecule has 0 aliphatic heterocycles. The molecule has 0 fully saturated rings. The van der Waals surface area contributed by atoms with Crippen LogP contribution < -0.4 is 15.2 Å². The standard InChI is InChI=1S/C14H14FNO2/c1-17-14-6-5-12(8-13(14)16)18-9-10-3-2-4-11(15)7-10/h2-8H,9,16H2,1H3. The van der Waals surface area contributed by atoms with Crippen molar-refractivity contribution in [1.29, 1.82) is 0 Å². The molecule has 0 unspecified atom stereocenters. The molecule has 0 aromatic heterocycles. The molecule has 0 amide bonds. The Morgan fingerprint density at radius 1 is 1.17 bits per heavy atom. The van der Waals surface area contributed by atoms with Gasteiger partial charge in [-0.25, -0.2) is 4.39 Å². The first-order chi connectivity index (χ1) is 8.69. The number of rotatable bonds is 4. The number of hydrogen-bond donors (Lipinski definition) is 1. The maximum Gasteiger partial charge on any atom is 0.142 e. The number of benzene rings is 2. The van der Waals surface area contributed by atoms with Crippen molar-refractivity contribution < 1.29 is 13.9 Å². The maximum absolute atomic E-state index is 13.0. The van der Waals surface area contributed by atoms with Crippen LogP contribution in [0.4, 0.5) is 10.1 Å². The van der Waals surface area contributed by atoms with Crippen molar-refractivity contribution in [3.63, 3.8) is 0 Å². The summed E-state index contributed by atoms with van der Waals surface area (Å²) in [6, 6.07) is 11.5. The van der Waals surface area contributed by atoms with E-state index in [1.165, 1.54) is 12.1 Å². The van der Waals surface area contributed by atoms with Gasteiger partial charge >= 0.3 is 0 Å². The molecule has 2 aromatic rings. The molecule has 2 rings (SSSR count). The first-order valence-corrected chi connectivity index (χ1v) is 5.50. The van der Waals surface area contributed by atoms with Crippen LogP contribution in [-0.2, 0) is 6.61 Å². The highest BCUT2D eigenvalue weighted by Crippen LogP contribution is 2.26. The lowest BCUT2D eigenvalue weighted by molar-refractivity contribution is 0.305. The average molecular weight is 247 g/mol. The van der Waals surface area contributed by atoms with Crippen molar-refractivity contribution in [3.8, 4) is 11.5 Å². The predicted octanol–water partition coefficient (Wildman–Crippen LogP) is 3.00. The van der Waals surface area contributed by atoms with Gasteiger partial charge in [0.15, 0.2) is 0 Å². The first-order valence-electron chi connectivity index (χ1n) is 5.50. The first kappa shape index (κ1) is 12.2. The van der Waals surface area contributed by atoms with Gasteiger partial charge in [0.05, 0.1) is 12.8 Å². The highest BCUT2D eigenvalue weighted by molar-refractivity contribution is 5.56. The summed E-state index contributed by atoms with van der Waals surface area (Å²) in [6.45, 7) is 0.295. The van der Waals surface area contributed by atoms with E-state index in [1.807, 2.05) is 0 Å². The average Bonchev–Trinajstić information content (AvgIpc) is 2.37. The maximum atomic E-state index is 13.0. The van der Waals surface area contributed by atoms with Crippen LogP contribution in [0.1, 0.15) is 5.56 Å². The van der Waals surface area contributed by atoms with Crippen LogP contribution in [0.15, 0.2) is 42.5 Å². The Morgan fingerprint density at radius 3 is 2.67 bits per heavy atom. The van der Waals surface area contributed by atoms with E-state index in [0.717, 1.165) is 5.56 Å². The molecule has 94 valence electrons. The van der Waals surface area contributed by atoms with Crippen LogP contribution in [-0.4, -0.2) is 7.11 Å². The smallest absolute Gasteiger partial charge is 0.142 e. The van der Waals surface area contributed by atoms with E-state index in [1.54, 1.807) is 37.4 Å². The van der Waals surface area contributed by atoms with Gasteiger partial charge in [-0.3, -0.25) is 0 Å². The Hall–Kier alpha value is -2.23. The van der Waals surface area contributed by atoms with E-state index in [2.05, 4.69) is 0 Å². The quantitative estimate of drug-likeness (QED) is 0.845. The molecule has 0 heterocycles. The van der Waals surface area contributed by atoms with E-state index in [-0.39, 0.29) is 5.82 Å². The number of methoxy groups -OCH3 is 1. The van der Waals surface area contributed by atoms with Crippen molar-refractivity contribution in [2.75, 3.05) is 12.8 Å². The van der Waals surface area contributed by atoms with Crippen LogP contribution in [0.25, 0.3) is 0 Å². The van der Waals surface area contributed by atoms with Crippen LogP contribution in [0.2, 0.25) is 0 Å². The molecule has 18 heavy (non-hydrogen) atoms. The Bertz CT molecular complexity index is 543. The van der Waals surface area contributed by atoms with E-state index < -0.39 is 0 Å². The number of halogens is 1. The monoisotopic (exact) mass is 247 g/mol. The van der Waals surface area contributed by atoms with Gasteiger partial charge in [0.1, 0.15) is 23.9 Å². The second kappa shape index (κ2) is 5.40. The number of hydrogen-bond acceptors (Lipinski definition) is 3. The molecule has 0 aliphatic rings. The molecule has 4 heteroatoms. The number of anilines is 1. The van der Waals surface area contributed by atoms with Gasteiger partial charge in [-0.1, -0.05) is 12.1 Å². The Kier molecular flexibility index (Phi) is 3.67. The van der Waals surface area contributed by atoms with Gasteiger partial charge in [-0.15, -0.1) is 0 Å². The summed E-state index contributed by atoms with van der Waals surface area (Å²) in [6.07, 6.45) is 0. The summed E-state index contributed by atoms with van der Waals surface area (Å²) in [5.74, 6) is 0.955. The minimum atomic E-state index is -0.273. The van der Waals surface area contributed by atoms with Crippen molar-refractivity contribution in [2.24, 2.45) is 0 Å². The second-order valence-corrected chi connectivity index (χ2v) is 3.82. The Morgan fingerprint density at radius 2 is 2.00 bits per heavy atom. The number of nitrogens with two attached hydrogens (primary N) is 1. The number of ether oxygens (including phenoxy) is 2. The normalized spacial score (nSPS) is 10.1. The summed E-state index contributed by atoms with van der Waals surface area (Å²) in [5, 5.41) is 0. The zero-order valence-electron chi connectivity index (χ0n) is 10.0. The Balaban J connectivity index is 2.04. The third-order valence-corrected chi connectivity index (χ3v) is 2.50. The molecule has 3 nitrogen and oxygen atoms in total. The largest absolute Gasteiger partial charge is 0.495 e. The van der Waals surface area contributed by atoms with Crippen LogP contribution in [0.5, 0.6) is 11.5 Å². The molecule has 0 radical (unpaired) electrons. The molecule has 0 atom stereocenters. The second-order valence-electron chi connectivity index (χ2n) is 3.82. The fourth-order valence-corrected chi connectivity index (χ4v) is 1.60. The van der Waals surface area contributed by atoms with E-state index >= 15 is 0 Å². The van der Waals surface area contributed by atoms with Crippen molar-refractivity contribution in [2.45, 2.75) is 6.61 Å². The lowest BCUT2D eigenvalue weighted by Crippen LogP contribution is -1.98. The van der Waals surface area contributed by atoms with Crippen LogP contribution in [0.3, 0.4) is 0 Å². The topological polar surface area (TPSA) is 44.5 Å². The SMILES string of the molecule is COc1ccc(OCc2cccc(F)c2)cc1N. The van der Waals surface area contributed by atoms with Gasteiger partial charge in [-0.05, 0) is 29.8 Å². The van der Waals surface area contributed by atoms with Gasteiger partial charge in [0.25, 0.3) is 0 Å². The van der Waals surface area contributed by atoms with Gasteiger partial charge in [0.2, 0.25) is 0 Å². The minimum Gasteiger partial charge on any atom is -0.495 e. The summed E-state index contributed by atoms with van der Waals surface area (Å²) >= 11 is 0. The molecular weight excluding hydrogens is 233 g/mol. The fourth-order valence-electron chi connectivity index (χ4n) is 1.60. The summed E-state index contributed by atoms with van der Waals surface area (Å²) < 4.78 is 23.5. The molecule has 0 saturated heterocycles. The Labute approximate surface area is 105 Å². The van der Waals surface area contributed by atoms with Gasteiger partial charge in [-0.2, -0.15) is 0 Å².